The van der Waals surface area contributed by atoms with Crippen LogP contribution in [0.2, 0.25) is 0 Å². The predicted octanol–water partition coefficient (Wildman–Crippen LogP) is 5.01. The fourth-order valence-corrected chi connectivity index (χ4v) is 8.45. The van der Waals surface area contributed by atoms with Crippen LogP contribution >= 0.6 is 0 Å². The smallest absolute Gasteiger partial charge is 0.306 e. The first-order chi connectivity index (χ1) is 14.1. The molecule has 0 heterocycles. The number of carbonyl (C=O) groups is 3. The number of carboxylic acid groups (broad SMARTS) is 1. The first-order valence-electron chi connectivity index (χ1n) is 12.1. The molecule has 30 heavy (non-hydrogen) atoms. The molecule has 168 valence electrons. The zero-order valence-electron chi connectivity index (χ0n) is 18.8. The van der Waals surface area contributed by atoms with Crippen LogP contribution in [0.3, 0.4) is 0 Å². The van der Waals surface area contributed by atoms with Crippen LogP contribution in [-0.4, -0.2) is 28.9 Å². The van der Waals surface area contributed by atoms with Gasteiger partial charge in [0.15, 0.2) is 0 Å². The van der Waals surface area contributed by atoms with Gasteiger partial charge in [-0.2, -0.15) is 0 Å². The second kappa shape index (κ2) is 7.94. The molecule has 0 radical (unpaired) electrons. The van der Waals surface area contributed by atoms with E-state index in [2.05, 4.69) is 13.8 Å². The molecule has 4 rings (SSSR count). The molecule has 6 unspecified atom stereocenters. The molecule has 0 aromatic heterocycles. The van der Waals surface area contributed by atoms with Gasteiger partial charge in [0.25, 0.3) is 0 Å². The number of carboxylic acids is 1. The van der Waals surface area contributed by atoms with Crippen LogP contribution in [0.5, 0.6) is 0 Å². The van der Waals surface area contributed by atoms with E-state index in [1.807, 2.05) is 0 Å². The summed E-state index contributed by atoms with van der Waals surface area (Å²) in [6.07, 6.45) is 9.82. The van der Waals surface area contributed by atoms with Gasteiger partial charge in [0.2, 0.25) is 0 Å². The number of hydrogen-bond acceptors (Lipinski definition) is 4. The van der Waals surface area contributed by atoms with E-state index in [-0.39, 0.29) is 36.2 Å². The standard InChI is InChI=1S/C25H38O5/c1-15(26)19-6-7-20-18-5-4-16-14-17(30-23(29)9-8-22(27)28)10-12-24(16,2)21(18)11-13-25(19,20)3/h16-21H,4-14H2,1-3H3,(H,27,28)/t16?,17?,18?,19?,20?,21?,24-,25+/m0/s1. The molecule has 0 amide bonds. The highest BCUT2D eigenvalue weighted by molar-refractivity contribution is 5.79. The lowest BCUT2D eigenvalue weighted by Crippen LogP contribution is -2.54. The van der Waals surface area contributed by atoms with Crippen LogP contribution in [0.25, 0.3) is 0 Å². The summed E-state index contributed by atoms with van der Waals surface area (Å²) in [7, 11) is 0. The highest BCUT2D eigenvalue weighted by Gasteiger charge is 2.60. The Labute approximate surface area is 180 Å². The van der Waals surface area contributed by atoms with E-state index in [4.69, 9.17) is 9.84 Å². The van der Waals surface area contributed by atoms with Crippen molar-refractivity contribution in [2.45, 2.75) is 97.5 Å². The summed E-state index contributed by atoms with van der Waals surface area (Å²) in [5.41, 5.74) is 0.510. The normalized spacial score (nSPS) is 45.0. The number of fused-ring (bicyclic) bond motifs is 5. The van der Waals surface area contributed by atoms with Gasteiger partial charge in [0.05, 0.1) is 12.8 Å². The van der Waals surface area contributed by atoms with E-state index in [0.717, 1.165) is 37.5 Å². The predicted molar refractivity (Wildman–Crippen MR) is 113 cm³/mol. The number of rotatable bonds is 5. The van der Waals surface area contributed by atoms with Gasteiger partial charge in [-0.15, -0.1) is 0 Å². The fraction of sp³-hybridized carbons (Fsp3) is 0.880. The van der Waals surface area contributed by atoms with E-state index in [0.29, 0.717) is 23.0 Å². The lowest BCUT2D eigenvalue weighted by molar-refractivity contribution is -0.164. The minimum Gasteiger partial charge on any atom is -0.481 e. The average Bonchev–Trinajstić information content (AvgIpc) is 3.04. The maximum Gasteiger partial charge on any atom is 0.306 e. The Kier molecular flexibility index (Phi) is 5.78. The Bertz CT molecular complexity index is 716. The van der Waals surface area contributed by atoms with Crippen molar-refractivity contribution < 1.29 is 24.2 Å². The number of ketones is 1. The molecule has 4 aliphatic carbocycles. The molecule has 1 N–H and O–H groups in total. The minimum absolute atomic E-state index is 0.0317. The molecule has 5 heteroatoms. The third-order valence-electron chi connectivity index (χ3n) is 9.95. The molecule has 5 nitrogen and oxygen atoms in total. The summed E-state index contributed by atoms with van der Waals surface area (Å²) in [5, 5.41) is 8.77. The molecular weight excluding hydrogens is 380 g/mol. The van der Waals surface area contributed by atoms with Crippen LogP contribution in [0.4, 0.5) is 0 Å². The van der Waals surface area contributed by atoms with E-state index in [1.54, 1.807) is 6.92 Å². The van der Waals surface area contributed by atoms with E-state index < -0.39 is 5.97 Å². The van der Waals surface area contributed by atoms with Crippen molar-refractivity contribution in [3.63, 3.8) is 0 Å². The zero-order valence-corrected chi connectivity index (χ0v) is 18.8. The fourth-order valence-electron chi connectivity index (χ4n) is 8.45. The maximum absolute atomic E-state index is 12.3. The number of carbonyl (C=O) groups excluding carboxylic acids is 2. The lowest BCUT2D eigenvalue weighted by atomic mass is 9.44. The highest BCUT2D eigenvalue weighted by Crippen LogP contribution is 2.67. The molecule has 0 saturated heterocycles. The van der Waals surface area contributed by atoms with Gasteiger partial charge >= 0.3 is 11.9 Å². The Hall–Kier alpha value is -1.39. The van der Waals surface area contributed by atoms with Gasteiger partial charge in [-0.3, -0.25) is 14.4 Å². The summed E-state index contributed by atoms with van der Waals surface area (Å²) in [4.78, 5) is 35.0. The van der Waals surface area contributed by atoms with Crippen molar-refractivity contribution in [3.05, 3.63) is 0 Å². The maximum atomic E-state index is 12.3. The van der Waals surface area contributed by atoms with Crippen molar-refractivity contribution in [1.82, 2.24) is 0 Å². The monoisotopic (exact) mass is 418 g/mol. The van der Waals surface area contributed by atoms with Gasteiger partial charge in [0, 0.05) is 5.92 Å². The SMILES string of the molecule is CC(=O)C1CCC2C3CCC4CC(OC(=O)CCC(=O)O)CC[C@]4(C)C3CC[C@]12C. The first-order valence-corrected chi connectivity index (χ1v) is 12.1. The second-order valence-electron chi connectivity index (χ2n) is 11.2. The number of ether oxygens (including phenoxy) is 1. The third-order valence-corrected chi connectivity index (χ3v) is 9.95. The lowest BCUT2D eigenvalue weighted by Gasteiger charge is -2.61. The van der Waals surface area contributed by atoms with Gasteiger partial charge < -0.3 is 9.84 Å². The van der Waals surface area contributed by atoms with E-state index >= 15 is 0 Å². The van der Waals surface area contributed by atoms with Crippen LogP contribution in [0.15, 0.2) is 0 Å². The van der Waals surface area contributed by atoms with Gasteiger partial charge in [-0.05, 0) is 99.2 Å². The van der Waals surface area contributed by atoms with Gasteiger partial charge in [-0.25, -0.2) is 0 Å². The van der Waals surface area contributed by atoms with E-state index in [1.165, 1.54) is 32.1 Å². The van der Waals surface area contributed by atoms with E-state index in [9.17, 15) is 14.4 Å². The molecular formula is C25H38O5. The Balaban J connectivity index is 1.42. The number of Topliss-reactive ketones (excluding diaryl/α,β-unsaturated/α-hetero) is 1. The Morgan fingerprint density at radius 1 is 0.900 bits per heavy atom. The molecule has 0 aliphatic heterocycles. The average molecular weight is 419 g/mol. The molecule has 0 aromatic rings. The van der Waals surface area contributed by atoms with Crippen molar-refractivity contribution >= 4 is 17.7 Å². The first kappa shape index (κ1) is 21.8. The molecule has 4 saturated carbocycles. The molecule has 8 atom stereocenters. The number of aliphatic carboxylic acids is 1. The molecule has 4 fully saturated rings. The van der Waals surface area contributed by atoms with Gasteiger partial charge in [0.1, 0.15) is 11.9 Å². The Morgan fingerprint density at radius 2 is 1.60 bits per heavy atom. The second-order valence-corrected chi connectivity index (χ2v) is 11.2. The summed E-state index contributed by atoms with van der Waals surface area (Å²) in [6, 6.07) is 0. The van der Waals surface area contributed by atoms with Crippen LogP contribution in [0.1, 0.15) is 91.4 Å². The third kappa shape index (κ3) is 3.60. The quantitative estimate of drug-likeness (QED) is 0.635. The number of esters is 1. The number of hydrogen-bond donors (Lipinski definition) is 1. The molecule has 0 bridgehead atoms. The van der Waals surface area contributed by atoms with Crippen molar-refractivity contribution in [1.29, 1.82) is 0 Å². The largest absolute Gasteiger partial charge is 0.481 e. The van der Waals surface area contributed by atoms with Crippen LogP contribution < -0.4 is 0 Å². The molecule has 0 spiro atoms. The zero-order chi connectivity index (χ0) is 21.7. The molecule has 4 aliphatic rings. The minimum atomic E-state index is -0.954. The van der Waals surface area contributed by atoms with Crippen molar-refractivity contribution in [2.24, 2.45) is 40.4 Å². The highest BCUT2D eigenvalue weighted by atomic mass is 16.5. The summed E-state index contributed by atoms with van der Waals surface area (Å²) in [6.45, 7) is 6.67. The van der Waals surface area contributed by atoms with Crippen molar-refractivity contribution in [2.75, 3.05) is 0 Å². The topological polar surface area (TPSA) is 80.7 Å². The summed E-state index contributed by atoms with van der Waals surface area (Å²) >= 11 is 0. The molecule has 0 aromatic carbocycles. The summed E-state index contributed by atoms with van der Waals surface area (Å²) in [5.74, 6) is 2.07. The van der Waals surface area contributed by atoms with Crippen molar-refractivity contribution in [3.8, 4) is 0 Å². The van der Waals surface area contributed by atoms with Crippen LogP contribution in [-0.2, 0) is 19.1 Å². The Morgan fingerprint density at radius 3 is 2.30 bits per heavy atom. The van der Waals surface area contributed by atoms with Crippen LogP contribution in [0, 0.1) is 40.4 Å². The summed E-state index contributed by atoms with van der Waals surface area (Å²) < 4.78 is 5.66. The van der Waals surface area contributed by atoms with Gasteiger partial charge in [-0.1, -0.05) is 13.8 Å².